The average Bonchev–Trinajstić information content (AvgIpc) is 2.73. The van der Waals surface area contributed by atoms with E-state index in [9.17, 15) is 14.9 Å². The highest BCUT2D eigenvalue weighted by molar-refractivity contribution is 5.90. The van der Waals surface area contributed by atoms with Gasteiger partial charge in [-0.15, -0.1) is 0 Å². The summed E-state index contributed by atoms with van der Waals surface area (Å²) in [5.41, 5.74) is 4.54. The summed E-state index contributed by atoms with van der Waals surface area (Å²) in [7, 11) is 1.41. The summed E-state index contributed by atoms with van der Waals surface area (Å²) in [6, 6.07) is 4.18. The maximum atomic E-state index is 12.3. The molecule has 2 N–H and O–H groups in total. The van der Waals surface area contributed by atoms with Gasteiger partial charge in [0.2, 0.25) is 0 Å². The maximum absolute atomic E-state index is 12.3. The Labute approximate surface area is 164 Å². The number of carbonyl (C=O) groups excluding carboxylic acids is 1. The molecule has 1 aliphatic rings. The van der Waals surface area contributed by atoms with Crippen molar-refractivity contribution in [2.75, 3.05) is 11.9 Å². The zero-order valence-electron chi connectivity index (χ0n) is 16.6. The van der Waals surface area contributed by atoms with Crippen LogP contribution in [0.2, 0.25) is 0 Å². The van der Waals surface area contributed by atoms with Crippen molar-refractivity contribution in [2.45, 2.75) is 38.8 Å². The smallest absolute Gasteiger partial charge is 0.414 e. The molecule has 0 fully saturated rings. The first-order chi connectivity index (χ1) is 12.9. The molecule has 1 unspecified atom stereocenters. The van der Waals surface area contributed by atoms with E-state index in [-0.39, 0.29) is 11.4 Å². The molecule has 1 aliphatic carbocycles. The van der Waals surface area contributed by atoms with Crippen LogP contribution in [0.15, 0.2) is 54.3 Å². The SMILES string of the molecule is CN(C(=O)OC(C)(C)C)c1cc(OC2=CC=CC(C)(N)C=C2)ccc1[N+](=O)[O-]. The van der Waals surface area contributed by atoms with Gasteiger partial charge in [-0.2, -0.15) is 0 Å². The number of benzene rings is 1. The van der Waals surface area contributed by atoms with Gasteiger partial charge in [-0.05, 0) is 45.9 Å². The van der Waals surface area contributed by atoms with E-state index in [0.29, 0.717) is 11.5 Å². The number of nitrogens with two attached hydrogens (primary N) is 1. The Morgan fingerprint density at radius 2 is 1.96 bits per heavy atom. The van der Waals surface area contributed by atoms with Crippen LogP contribution in [0.5, 0.6) is 5.75 Å². The number of carbonyl (C=O) groups is 1. The number of rotatable bonds is 4. The molecule has 1 atom stereocenters. The third-order valence-electron chi connectivity index (χ3n) is 3.73. The molecule has 0 saturated carbocycles. The third kappa shape index (κ3) is 5.68. The number of ether oxygens (including phenoxy) is 2. The van der Waals surface area contributed by atoms with Crippen LogP contribution in [0.3, 0.4) is 0 Å². The van der Waals surface area contributed by atoms with E-state index in [4.69, 9.17) is 15.2 Å². The minimum atomic E-state index is -0.731. The molecular weight excluding hydrogens is 362 g/mol. The number of hydrogen-bond acceptors (Lipinski definition) is 6. The van der Waals surface area contributed by atoms with Crippen LogP contribution in [-0.2, 0) is 4.74 Å². The van der Waals surface area contributed by atoms with Crippen LogP contribution in [0.25, 0.3) is 0 Å². The van der Waals surface area contributed by atoms with Gasteiger partial charge in [-0.25, -0.2) is 4.79 Å². The van der Waals surface area contributed by atoms with E-state index in [1.165, 1.54) is 25.2 Å². The fourth-order valence-corrected chi connectivity index (χ4v) is 2.35. The number of hydrogen-bond donors (Lipinski definition) is 1. The molecule has 8 heteroatoms. The van der Waals surface area contributed by atoms with Crippen molar-refractivity contribution < 1.29 is 19.2 Å². The van der Waals surface area contributed by atoms with Gasteiger partial charge in [0.15, 0.2) is 0 Å². The van der Waals surface area contributed by atoms with Crippen molar-refractivity contribution >= 4 is 17.5 Å². The molecule has 0 radical (unpaired) electrons. The number of amides is 1. The standard InChI is InChI=1S/C20H25N3O5/c1-19(2,3)28-18(24)22(5)17-13-15(8-9-16(17)23(25)26)27-14-7-6-11-20(4,21)12-10-14/h6-13H,21H2,1-5H3. The fourth-order valence-electron chi connectivity index (χ4n) is 2.35. The van der Waals surface area contributed by atoms with Crippen LogP contribution >= 0.6 is 0 Å². The molecule has 28 heavy (non-hydrogen) atoms. The third-order valence-corrected chi connectivity index (χ3v) is 3.73. The van der Waals surface area contributed by atoms with Gasteiger partial charge < -0.3 is 15.2 Å². The van der Waals surface area contributed by atoms with Crippen molar-refractivity contribution in [1.29, 1.82) is 0 Å². The Hall–Kier alpha value is -3.13. The predicted molar refractivity (Wildman–Crippen MR) is 107 cm³/mol. The monoisotopic (exact) mass is 387 g/mol. The lowest BCUT2D eigenvalue weighted by Crippen LogP contribution is -2.34. The normalized spacial score (nSPS) is 18.9. The topological polar surface area (TPSA) is 108 Å². The lowest BCUT2D eigenvalue weighted by Gasteiger charge is -2.24. The summed E-state index contributed by atoms with van der Waals surface area (Å²) in [5, 5.41) is 11.4. The Kier molecular flexibility index (Phi) is 5.94. The summed E-state index contributed by atoms with van der Waals surface area (Å²) in [6.45, 7) is 7.00. The second-order valence-corrected chi connectivity index (χ2v) is 7.68. The van der Waals surface area contributed by atoms with E-state index in [0.717, 1.165) is 4.90 Å². The van der Waals surface area contributed by atoms with Gasteiger partial charge >= 0.3 is 6.09 Å². The Morgan fingerprint density at radius 1 is 1.29 bits per heavy atom. The van der Waals surface area contributed by atoms with Gasteiger partial charge in [0.25, 0.3) is 5.69 Å². The Bertz CT molecular complexity index is 863. The molecule has 1 amide bonds. The van der Waals surface area contributed by atoms with Gasteiger partial charge in [0, 0.05) is 19.2 Å². The average molecular weight is 387 g/mol. The van der Waals surface area contributed by atoms with Crippen molar-refractivity contribution in [3.05, 3.63) is 64.5 Å². The molecule has 1 aromatic rings. The summed E-state index contributed by atoms with van der Waals surface area (Å²) >= 11 is 0. The fraction of sp³-hybridized carbons (Fsp3) is 0.350. The zero-order chi connectivity index (χ0) is 21.1. The van der Waals surface area contributed by atoms with Crippen LogP contribution < -0.4 is 15.4 Å². The summed E-state index contributed by atoms with van der Waals surface area (Å²) < 4.78 is 11.1. The van der Waals surface area contributed by atoms with E-state index < -0.39 is 22.2 Å². The van der Waals surface area contributed by atoms with Gasteiger partial charge in [-0.3, -0.25) is 15.0 Å². The number of anilines is 1. The number of nitro benzene ring substituents is 1. The van der Waals surface area contributed by atoms with Crippen LogP contribution in [0, 0.1) is 10.1 Å². The lowest BCUT2D eigenvalue weighted by atomic mass is 10.0. The number of allylic oxidation sites excluding steroid dienone is 3. The molecule has 0 heterocycles. The van der Waals surface area contributed by atoms with Crippen LogP contribution in [-0.4, -0.2) is 29.2 Å². The first-order valence-corrected chi connectivity index (χ1v) is 8.69. The molecule has 0 bridgehead atoms. The van der Waals surface area contributed by atoms with Gasteiger partial charge in [0.1, 0.15) is 22.8 Å². The zero-order valence-corrected chi connectivity index (χ0v) is 16.6. The highest BCUT2D eigenvalue weighted by Gasteiger charge is 2.26. The van der Waals surface area contributed by atoms with Gasteiger partial charge in [0.05, 0.1) is 10.5 Å². The van der Waals surface area contributed by atoms with E-state index in [1.54, 1.807) is 45.1 Å². The van der Waals surface area contributed by atoms with Crippen molar-refractivity contribution in [1.82, 2.24) is 0 Å². The minimum absolute atomic E-state index is 0.0640. The number of nitro groups is 1. The highest BCUT2D eigenvalue weighted by atomic mass is 16.6. The summed E-state index contributed by atoms with van der Waals surface area (Å²) in [6.07, 6.45) is 8.11. The molecule has 8 nitrogen and oxygen atoms in total. The molecule has 150 valence electrons. The van der Waals surface area contributed by atoms with Crippen molar-refractivity contribution in [3.63, 3.8) is 0 Å². The molecule has 2 rings (SSSR count). The second kappa shape index (κ2) is 7.85. The summed E-state index contributed by atoms with van der Waals surface area (Å²) in [5.74, 6) is 0.839. The summed E-state index contributed by atoms with van der Waals surface area (Å²) in [4.78, 5) is 24.3. The molecule has 0 saturated heterocycles. The molecule has 1 aromatic carbocycles. The minimum Gasteiger partial charge on any atom is -0.457 e. The lowest BCUT2D eigenvalue weighted by molar-refractivity contribution is -0.384. The maximum Gasteiger partial charge on any atom is 0.414 e. The largest absolute Gasteiger partial charge is 0.457 e. The van der Waals surface area contributed by atoms with Gasteiger partial charge in [-0.1, -0.05) is 18.2 Å². The molecular formula is C20H25N3O5. The quantitative estimate of drug-likeness (QED) is 0.616. The number of nitrogens with zero attached hydrogens (tertiary/aromatic N) is 2. The predicted octanol–water partition coefficient (Wildman–Crippen LogP) is 4.07. The van der Waals surface area contributed by atoms with E-state index in [1.807, 2.05) is 13.0 Å². The first kappa shape index (κ1) is 21.2. The van der Waals surface area contributed by atoms with E-state index >= 15 is 0 Å². The first-order valence-electron chi connectivity index (χ1n) is 8.69. The molecule has 0 aromatic heterocycles. The van der Waals surface area contributed by atoms with Crippen molar-refractivity contribution in [2.24, 2.45) is 5.73 Å². The Balaban J connectivity index is 2.33. The van der Waals surface area contributed by atoms with E-state index in [2.05, 4.69) is 0 Å². The van der Waals surface area contributed by atoms with Crippen molar-refractivity contribution in [3.8, 4) is 5.75 Å². The van der Waals surface area contributed by atoms with Crippen LogP contribution in [0.4, 0.5) is 16.2 Å². The van der Waals surface area contributed by atoms with Crippen LogP contribution in [0.1, 0.15) is 27.7 Å². The molecule has 0 aliphatic heterocycles. The Morgan fingerprint density at radius 3 is 2.57 bits per heavy atom. The molecule has 0 spiro atoms. The highest BCUT2D eigenvalue weighted by Crippen LogP contribution is 2.33. The second-order valence-electron chi connectivity index (χ2n) is 7.68.